The molecule has 114 valence electrons. The molecule has 1 aromatic carbocycles. The predicted molar refractivity (Wildman–Crippen MR) is 88.7 cm³/mol. The fraction of sp³-hybridized carbons (Fsp3) is 0.500. The third-order valence-corrected chi connectivity index (χ3v) is 4.12. The maximum atomic E-state index is 12.3. The molecule has 0 aliphatic heterocycles. The number of unbranched alkanes of at least 4 members (excludes halogenated alkanes) is 1. The highest BCUT2D eigenvalue weighted by Gasteiger charge is 2.12. The molecule has 0 bridgehead atoms. The van der Waals surface area contributed by atoms with Gasteiger partial charge in [-0.15, -0.1) is 0 Å². The second kappa shape index (κ2) is 7.30. The predicted octanol–water partition coefficient (Wildman–Crippen LogP) is 4.42. The Hall–Kier alpha value is -1.77. The van der Waals surface area contributed by atoms with Crippen LogP contribution in [0, 0.1) is 12.8 Å². The fourth-order valence-electron chi connectivity index (χ4n) is 2.65. The van der Waals surface area contributed by atoms with E-state index in [1.54, 1.807) is 0 Å². The molecular weight excluding hydrogens is 260 g/mol. The molecule has 3 nitrogen and oxygen atoms in total. The molecule has 0 aliphatic carbocycles. The number of amides is 1. The molecule has 3 heteroatoms. The number of carbonyl (C=O) groups excluding carboxylic acids is 1. The van der Waals surface area contributed by atoms with Gasteiger partial charge in [-0.05, 0) is 37.5 Å². The van der Waals surface area contributed by atoms with E-state index in [2.05, 4.69) is 43.2 Å². The molecule has 0 radical (unpaired) electrons. The van der Waals surface area contributed by atoms with Crippen LogP contribution < -0.4 is 5.32 Å². The number of aryl methyl sites for hydroxylation is 1. The van der Waals surface area contributed by atoms with E-state index in [1.807, 2.05) is 12.1 Å². The molecule has 21 heavy (non-hydrogen) atoms. The summed E-state index contributed by atoms with van der Waals surface area (Å²) in [6.07, 6.45) is 4.76. The van der Waals surface area contributed by atoms with Crippen molar-refractivity contribution in [2.24, 2.45) is 5.92 Å². The van der Waals surface area contributed by atoms with Crippen molar-refractivity contribution >= 4 is 16.8 Å². The maximum Gasteiger partial charge on any atom is 0.267 e. The number of H-pyrrole nitrogens is 1. The molecule has 1 atom stereocenters. The van der Waals surface area contributed by atoms with Crippen molar-refractivity contribution in [3.8, 4) is 0 Å². The number of hydrogen-bond acceptors (Lipinski definition) is 1. The monoisotopic (exact) mass is 286 g/mol. The van der Waals surface area contributed by atoms with Gasteiger partial charge in [-0.3, -0.25) is 4.79 Å². The molecule has 2 aromatic rings. The summed E-state index contributed by atoms with van der Waals surface area (Å²) >= 11 is 0. The van der Waals surface area contributed by atoms with Crippen LogP contribution in [0.3, 0.4) is 0 Å². The van der Waals surface area contributed by atoms with E-state index in [0.29, 0.717) is 11.6 Å². The van der Waals surface area contributed by atoms with E-state index >= 15 is 0 Å². The summed E-state index contributed by atoms with van der Waals surface area (Å²) in [7, 11) is 0. The van der Waals surface area contributed by atoms with E-state index in [4.69, 9.17) is 0 Å². The zero-order chi connectivity index (χ0) is 15.2. The summed E-state index contributed by atoms with van der Waals surface area (Å²) in [5, 5.41) is 4.16. The Labute approximate surface area is 127 Å². The zero-order valence-electron chi connectivity index (χ0n) is 13.3. The van der Waals surface area contributed by atoms with E-state index in [1.165, 1.54) is 24.8 Å². The lowest BCUT2D eigenvalue weighted by Crippen LogP contribution is -2.29. The number of benzene rings is 1. The first-order chi connectivity index (χ1) is 10.1. The Balaban J connectivity index is 1.98. The molecule has 2 N–H and O–H groups in total. The molecule has 0 spiro atoms. The van der Waals surface area contributed by atoms with Crippen LogP contribution in [0.4, 0.5) is 0 Å². The van der Waals surface area contributed by atoms with Gasteiger partial charge in [-0.25, -0.2) is 0 Å². The minimum Gasteiger partial charge on any atom is -0.351 e. The minimum absolute atomic E-state index is 0.00111. The van der Waals surface area contributed by atoms with Crippen molar-refractivity contribution in [1.29, 1.82) is 0 Å². The topological polar surface area (TPSA) is 44.9 Å². The first-order valence-electron chi connectivity index (χ1n) is 8.01. The van der Waals surface area contributed by atoms with E-state index in [0.717, 1.165) is 23.9 Å². The smallest absolute Gasteiger partial charge is 0.267 e. The third kappa shape index (κ3) is 4.10. The fourth-order valence-corrected chi connectivity index (χ4v) is 2.65. The molecular formula is C18H26N2O. The Morgan fingerprint density at radius 2 is 2.10 bits per heavy atom. The van der Waals surface area contributed by atoms with Gasteiger partial charge in [0.1, 0.15) is 5.69 Å². The molecule has 1 amide bonds. The largest absolute Gasteiger partial charge is 0.351 e. The number of fused-ring (bicyclic) bond motifs is 1. The molecule has 0 aliphatic rings. The average molecular weight is 286 g/mol. The molecule has 0 saturated carbocycles. The van der Waals surface area contributed by atoms with Gasteiger partial charge < -0.3 is 10.3 Å². The van der Waals surface area contributed by atoms with Gasteiger partial charge in [0.2, 0.25) is 0 Å². The van der Waals surface area contributed by atoms with Crippen LogP contribution in [0.2, 0.25) is 0 Å². The summed E-state index contributed by atoms with van der Waals surface area (Å²) in [4.78, 5) is 15.4. The Morgan fingerprint density at radius 1 is 1.29 bits per heavy atom. The highest BCUT2D eigenvalue weighted by Crippen LogP contribution is 2.17. The summed E-state index contributed by atoms with van der Waals surface area (Å²) in [6.45, 7) is 7.23. The van der Waals surface area contributed by atoms with Gasteiger partial charge in [0.25, 0.3) is 5.91 Å². The Morgan fingerprint density at radius 3 is 2.81 bits per heavy atom. The van der Waals surface area contributed by atoms with Crippen LogP contribution in [0.15, 0.2) is 24.3 Å². The highest BCUT2D eigenvalue weighted by atomic mass is 16.1. The Kier molecular flexibility index (Phi) is 5.43. The van der Waals surface area contributed by atoms with E-state index < -0.39 is 0 Å². The van der Waals surface area contributed by atoms with Crippen LogP contribution in [-0.4, -0.2) is 17.4 Å². The second-order valence-corrected chi connectivity index (χ2v) is 5.90. The van der Waals surface area contributed by atoms with Gasteiger partial charge in [0.15, 0.2) is 0 Å². The van der Waals surface area contributed by atoms with Crippen LogP contribution in [0.1, 0.15) is 55.6 Å². The normalized spacial score (nSPS) is 12.5. The number of aromatic nitrogens is 1. The van der Waals surface area contributed by atoms with Gasteiger partial charge in [0, 0.05) is 17.4 Å². The molecule has 1 aromatic heterocycles. The van der Waals surface area contributed by atoms with Crippen LogP contribution >= 0.6 is 0 Å². The lowest BCUT2D eigenvalue weighted by molar-refractivity contribution is 0.0941. The zero-order valence-corrected chi connectivity index (χ0v) is 13.3. The van der Waals surface area contributed by atoms with Gasteiger partial charge in [-0.2, -0.15) is 0 Å². The molecule has 1 heterocycles. The Bertz CT molecular complexity index is 600. The van der Waals surface area contributed by atoms with Crippen LogP contribution in [0.5, 0.6) is 0 Å². The second-order valence-electron chi connectivity index (χ2n) is 5.90. The molecule has 2 rings (SSSR count). The number of aromatic amines is 1. The summed E-state index contributed by atoms with van der Waals surface area (Å²) < 4.78 is 0. The van der Waals surface area contributed by atoms with Crippen molar-refractivity contribution in [3.05, 3.63) is 35.5 Å². The highest BCUT2D eigenvalue weighted by molar-refractivity contribution is 5.98. The minimum atomic E-state index is -0.00111. The van der Waals surface area contributed by atoms with Crippen molar-refractivity contribution in [3.63, 3.8) is 0 Å². The van der Waals surface area contributed by atoms with Gasteiger partial charge >= 0.3 is 0 Å². The van der Waals surface area contributed by atoms with Crippen molar-refractivity contribution in [2.75, 3.05) is 6.54 Å². The molecule has 0 saturated heterocycles. The molecule has 0 unspecified atom stereocenters. The third-order valence-electron chi connectivity index (χ3n) is 4.12. The van der Waals surface area contributed by atoms with Crippen molar-refractivity contribution < 1.29 is 4.79 Å². The van der Waals surface area contributed by atoms with Crippen LogP contribution in [0.25, 0.3) is 10.9 Å². The molecule has 0 fully saturated rings. The summed E-state index contributed by atoms with van der Waals surface area (Å²) in [5.74, 6) is 0.583. The first kappa shape index (κ1) is 15.6. The standard InChI is InChI=1S/C18H26N2O/c1-4-6-7-14(5-2)12-19-18(21)17-11-15-10-13(3)8-9-16(15)20-17/h8-11,14,20H,4-7,12H2,1-3H3,(H,19,21)/t14-/m0/s1. The number of rotatable bonds is 7. The first-order valence-corrected chi connectivity index (χ1v) is 8.01. The van der Waals surface area contributed by atoms with E-state index in [9.17, 15) is 4.79 Å². The lowest BCUT2D eigenvalue weighted by atomic mass is 9.99. The SMILES string of the molecule is CCCC[C@H](CC)CNC(=O)c1cc2cc(C)ccc2[nH]1. The average Bonchev–Trinajstić information content (AvgIpc) is 2.90. The maximum absolute atomic E-state index is 12.3. The van der Waals surface area contributed by atoms with Crippen molar-refractivity contribution in [1.82, 2.24) is 10.3 Å². The number of carbonyl (C=O) groups is 1. The van der Waals surface area contributed by atoms with Crippen molar-refractivity contribution in [2.45, 2.75) is 46.5 Å². The lowest BCUT2D eigenvalue weighted by Gasteiger charge is -2.14. The number of nitrogens with one attached hydrogen (secondary N) is 2. The quantitative estimate of drug-likeness (QED) is 0.777. The summed E-state index contributed by atoms with van der Waals surface area (Å²) in [5.41, 5.74) is 2.88. The van der Waals surface area contributed by atoms with Crippen LogP contribution in [-0.2, 0) is 0 Å². The summed E-state index contributed by atoms with van der Waals surface area (Å²) in [6, 6.07) is 8.11. The number of hydrogen-bond donors (Lipinski definition) is 2. The van der Waals surface area contributed by atoms with Gasteiger partial charge in [-0.1, -0.05) is 44.7 Å². The van der Waals surface area contributed by atoms with Gasteiger partial charge in [0.05, 0.1) is 0 Å². The van der Waals surface area contributed by atoms with E-state index in [-0.39, 0.29) is 5.91 Å².